The summed E-state index contributed by atoms with van der Waals surface area (Å²) in [4.78, 5) is 2.45. The van der Waals surface area contributed by atoms with Gasteiger partial charge in [-0.3, -0.25) is 4.90 Å². The van der Waals surface area contributed by atoms with Crippen LogP contribution in [0.25, 0.3) is 0 Å². The maximum absolute atomic E-state index is 13.2. The first-order valence-electron chi connectivity index (χ1n) is 6.93. The third kappa shape index (κ3) is 3.28. The first-order valence-corrected chi connectivity index (χ1v) is 7.31. The fourth-order valence-electron chi connectivity index (χ4n) is 2.91. The third-order valence-electron chi connectivity index (χ3n) is 4.28. The predicted octanol–water partition coefficient (Wildman–Crippen LogP) is 3.60. The number of benzene rings is 1. The molecular formula is C15H22ClFN2. The SMILES string of the molecule is CC1CCC(CN)CN1C(C)c1ccc(F)c(Cl)c1. The molecule has 1 aromatic carbocycles. The molecule has 0 amide bonds. The normalized spacial score (nSPS) is 26.4. The molecule has 0 aromatic heterocycles. The molecule has 0 saturated carbocycles. The number of hydrogen-bond acceptors (Lipinski definition) is 2. The predicted molar refractivity (Wildman–Crippen MR) is 77.8 cm³/mol. The highest BCUT2D eigenvalue weighted by Crippen LogP contribution is 2.31. The Balaban J connectivity index is 2.16. The van der Waals surface area contributed by atoms with Gasteiger partial charge in [0.15, 0.2) is 0 Å². The van der Waals surface area contributed by atoms with E-state index in [1.165, 1.54) is 18.9 Å². The summed E-state index contributed by atoms with van der Waals surface area (Å²) in [6.45, 7) is 6.14. The Morgan fingerprint density at radius 3 is 2.84 bits per heavy atom. The molecule has 0 spiro atoms. The van der Waals surface area contributed by atoms with Crippen LogP contribution in [0.2, 0.25) is 5.02 Å². The summed E-state index contributed by atoms with van der Waals surface area (Å²) >= 11 is 5.88. The maximum atomic E-state index is 13.2. The van der Waals surface area contributed by atoms with Crippen molar-refractivity contribution in [2.75, 3.05) is 13.1 Å². The Hall–Kier alpha value is -0.640. The zero-order valence-electron chi connectivity index (χ0n) is 11.6. The summed E-state index contributed by atoms with van der Waals surface area (Å²) in [6.07, 6.45) is 2.37. The molecule has 0 bridgehead atoms. The van der Waals surface area contributed by atoms with Crippen molar-refractivity contribution in [2.24, 2.45) is 11.7 Å². The topological polar surface area (TPSA) is 29.3 Å². The van der Waals surface area contributed by atoms with E-state index in [9.17, 15) is 4.39 Å². The second-order valence-electron chi connectivity index (χ2n) is 5.57. The molecule has 2 nitrogen and oxygen atoms in total. The van der Waals surface area contributed by atoms with Gasteiger partial charge in [-0.25, -0.2) is 4.39 Å². The van der Waals surface area contributed by atoms with E-state index in [1.807, 2.05) is 6.07 Å². The van der Waals surface area contributed by atoms with E-state index in [2.05, 4.69) is 18.7 Å². The molecule has 4 heteroatoms. The maximum Gasteiger partial charge on any atom is 0.141 e. The lowest BCUT2D eigenvalue weighted by atomic mass is 9.91. The molecule has 1 aliphatic rings. The second kappa shape index (κ2) is 6.21. The van der Waals surface area contributed by atoms with Crippen LogP contribution in [0.5, 0.6) is 0 Å². The molecule has 3 unspecified atom stereocenters. The average Bonchev–Trinajstić information content (AvgIpc) is 2.41. The molecule has 3 atom stereocenters. The Morgan fingerprint density at radius 2 is 2.21 bits per heavy atom. The van der Waals surface area contributed by atoms with Gasteiger partial charge in [0.1, 0.15) is 5.82 Å². The highest BCUT2D eigenvalue weighted by atomic mass is 35.5. The van der Waals surface area contributed by atoms with E-state index < -0.39 is 0 Å². The monoisotopic (exact) mass is 284 g/mol. The molecule has 19 heavy (non-hydrogen) atoms. The Labute approximate surface area is 119 Å². The number of likely N-dealkylation sites (tertiary alicyclic amines) is 1. The highest BCUT2D eigenvalue weighted by Gasteiger charge is 2.28. The Morgan fingerprint density at radius 1 is 1.47 bits per heavy atom. The molecule has 106 valence electrons. The molecule has 1 heterocycles. The van der Waals surface area contributed by atoms with Crippen molar-refractivity contribution in [3.63, 3.8) is 0 Å². The lowest BCUT2D eigenvalue weighted by molar-refractivity contribution is 0.0812. The number of halogens is 2. The van der Waals surface area contributed by atoms with Crippen molar-refractivity contribution in [2.45, 2.75) is 38.8 Å². The van der Waals surface area contributed by atoms with Crippen molar-refractivity contribution in [1.82, 2.24) is 4.90 Å². The second-order valence-corrected chi connectivity index (χ2v) is 5.98. The largest absolute Gasteiger partial charge is 0.330 e. The third-order valence-corrected chi connectivity index (χ3v) is 4.57. The fraction of sp³-hybridized carbons (Fsp3) is 0.600. The highest BCUT2D eigenvalue weighted by molar-refractivity contribution is 6.30. The quantitative estimate of drug-likeness (QED) is 0.919. The van der Waals surface area contributed by atoms with Crippen molar-refractivity contribution in [3.05, 3.63) is 34.6 Å². The molecule has 1 fully saturated rings. The molecule has 1 aromatic rings. The molecule has 0 radical (unpaired) electrons. The minimum atomic E-state index is -0.357. The van der Waals surface area contributed by atoms with Gasteiger partial charge < -0.3 is 5.73 Å². The van der Waals surface area contributed by atoms with Gasteiger partial charge >= 0.3 is 0 Å². The molecule has 0 aliphatic carbocycles. The van der Waals surface area contributed by atoms with Crippen molar-refractivity contribution >= 4 is 11.6 Å². The standard InChI is InChI=1S/C15H22ClFN2/c1-10-3-4-12(8-18)9-19(10)11(2)13-5-6-15(17)14(16)7-13/h5-7,10-12H,3-4,8-9,18H2,1-2H3. The lowest BCUT2D eigenvalue weighted by Crippen LogP contribution is -2.44. The first-order chi connectivity index (χ1) is 9.02. The van der Waals surface area contributed by atoms with E-state index in [0.717, 1.165) is 18.7 Å². The van der Waals surface area contributed by atoms with Crippen LogP contribution in [0, 0.1) is 11.7 Å². The number of nitrogens with two attached hydrogens (primary N) is 1. The number of nitrogens with zero attached hydrogens (tertiary/aromatic N) is 1. The average molecular weight is 285 g/mol. The van der Waals surface area contributed by atoms with Gasteiger partial charge in [-0.2, -0.15) is 0 Å². The molecule has 2 rings (SSSR count). The van der Waals surface area contributed by atoms with Gasteiger partial charge in [0.25, 0.3) is 0 Å². The van der Waals surface area contributed by atoms with E-state index >= 15 is 0 Å². The zero-order valence-corrected chi connectivity index (χ0v) is 12.3. The summed E-state index contributed by atoms with van der Waals surface area (Å²) in [5, 5.41) is 0.199. The summed E-state index contributed by atoms with van der Waals surface area (Å²) in [5.74, 6) is 0.207. The number of rotatable bonds is 3. The smallest absolute Gasteiger partial charge is 0.141 e. The van der Waals surface area contributed by atoms with Crippen LogP contribution in [-0.4, -0.2) is 24.0 Å². The van der Waals surface area contributed by atoms with E-state index in [0.29, 0.717) is 12.0 Å². The van der Waals surface area contributed by atoms with Crippen LogP contribution in [0.3, 0.4) is 0 Å². The minimum Gasteiger partial charge on any atom is -0.330 e. The Kier molecular flexibility index (Phi) is 4.82. The van der Waals surface area contributed by atoms with Crippen LogP contribution < -0.4 is 5.73 Å². The fourth-order valence-corrected chi connectivity index (χ4v) is 3.10. The van der Waals surface area contributed by atoms with Gasteiger partial charge in [0, 0.05) is 18.6 Å². The summed E-state index contributed by atoms with van der Waals surface area (Å²) in [6, 6.07) is 5.78. The van der Waals surface area contributed by atoms with Gasteiger partial charge in [-0.05, 0) is 56.8 Å². The van der Waals surface area contributed by atoms with Crippen molar-refractivity contribution < 1.29 is 4.39 Å². The first kappa shape index (κ1) is 14.8. The van der Waals surface area contributed by atoms with E-state index in [1.54, 1.807) is 6.07 Å². The van der Waals surface area contributed by atoms with Crippen LogP contribution in [-0.2, 0) is 0 Å². The van der Waals surface area contributed by atoms with E-state index in [4.69, 9.17) is 17.3 Å². The zero-order chi connectivity index (χ0) is 14.0. The molecule has 1 aliphatic heterocycles. The molecule has 1 saturated heterocycles. The minimum absolute atomic E-state index is 0.199. The number of hydrogen-bond donors (Lipinski definition) is 1. The Bertz CT molecular complexity index is 438. The van der Waals surface area contributed by atoms with Crippen LogP contribution in [0.15, 0.2) is 18.2 Å². The van der Waals surface area contributed by atoms with Crippen LogP contribution >= 0.6 is 11.6 Å². The summed E-state index contributed by atoms with van der Waals surface area (Å²) < 4.78 is 13.2. The molecule has 2 N–H and O–H groups in total. The number of piperidine rings is 1. The van der Waals surface area contributed by atoms with Gasteiger partial charge in [0.2, 0.25) is 0 Å². The van der Waals surface area contributed by atoms with Gasteiger partial charge in [-0.1, -0.05) is 17.7 Å². The van der Waals surface area contributed by atoms with Gasteiger partial charge in [-0.15, -0.1) is 0 Å². The van der Waals surface area contributed by atoms with Crippen LogP contribution in [0.4, 0.5) is 4.39 Å². The summed E-state index contributed by atoms with van der Waals surface area (Å²) in [5.41, 5.74) is 6.86. The lowest BCUT2D eigenvalue weighted by Gasteiger charge is -2.41. The van der Waals surface area contributed by atoms with Gasteiger partial charge in [0.05, 0.1) is 5.02 Å². The van der Waals surface area contributed by atoms with Crippen LogP contribution in [0.1, 0.15) is 38.3 Å². The van der Waals surface area contributed by atoms with Crippen molar-refractivity contribution in [3.8, 4) is 0 Å². The molecular weight excluding hydrogens is 263 g/mol. The van der Waals surface area contributed by atoms with Crippen molar-refractivity contribution in [1.29, 1.82) is 0 Å². The summed E-state index contributed by atoms with van der Waals surface area (Å²) in [7, 11) is 0. The van der Waals surface area contributed by atoms with E-state index in [-0.39, 0.29) is 16.9 Å².